The molecule has 1 aromatic heterocycles. The number of fused-ring (bicyclic) bond motifs is 1. The van der Waals surface area contributed by atoms with Gasteiger partial charge in [0.25, 0.3) is 11.8 Å². The zero-order valence-corrected chi connectivity index (χ0v) is 12.7. The summed E-state index contributed by atoms with van der Waals surface area (Å²) >= 11 is 0. The second-order valence-corrected chi connectivity index (χ2v) is 5.34. The molecule has 0 spiro atoms. The molecule has 0 aliphatic carbocycles. The first kappa shape index (κ1) is 15.1. The van der Waals surface area contributed by atoms with Crippen molar-refractivity contribution >= 4 is 11.8 Å². The van der Waals surface area contributed by atoms with E-state index < -0.39 is 5.91 Å². The predicted octanol–water partition coefficient (Wildman–Crippen LogP) is 1.18. The normalized spacial score (nSPS) is 13.7. The Morgan fingerprint density at radius 1 is 1.30 bits per heavy atom. The van der Waals surface area contributed by atoms with E-state index in [1.165, 1.54) is 0 Å². The molecule has 0 atom stereocenters. The smallest absolute Gasteiger partial charge is 0.274 e. The third kappa shape index (κ3) is 2.91. The Balaban J connectivity index is 1.85. The number of amides is 2. The number of benzene rings is 1. The maximum atomic E-state index is 12.6. The fourth-order valence-corrected chi connectivity index (χ4v) is 2.59. The number of hydrogen-bond donors (Lipinski definition) is 2. The van der Waals surface area contributed by atoms with E-state index in [9.17, 15) is 9.59 Å². The second kappa shape index (κ2) is 6.13. The summed E-state index contributed by atoms with van der Waals surface area (Å²) < 4.78 is 7.43. The molecule has 2 amide bonds. The number of aromatic nitrogens is 1. The van der Waals surface area contributed by atoms with Crippen molar-refractivity contribution in [3.63, 3.8) is 0 Å². The second-order valence-electron chi connectivity index (χ2n) is 5.34. The van der Waals surface area contributed by atoms with Gasteiger partial charge in [0.05, 0.1) is 6.54 Å². The molecular formula is C16H17N3O4. The van der Waals surface area contributed by atoms with E-state index in [4.69, 9.17) is 9.94 Å². The van der Waals surface area contributed by atoms with Gasteiger partial charge in [-0.2, -0.15) is 0 Å². The molecule has 0 unspecified atom stereocenters. The molecule has 0 bridgehead atoms. The quantitative estimate of drug-likeness (QED) is 0.644. The predicted molar refractivity (Wildman–Crippen MR) is 81.3 cm³/mol. The van der Waals surface area contributed by atoms with Crippen molar-refractivity contribution < 1.29 is 19.5 Å². The molecule has 7 nitrogen and oxygen atoms in total. The molecule has 1 aromatic carbocycles. The number of hydrogen-bond acceptors (Lipinski definition) is 4. The fraction of sp³-hybridized carbons (Fsp3) is 0.250. The van der Waals surface area contributed by atoms with Crippen LogP contribution in [0.5, 0.6) is 5.75 Å². The number of nitrogens with one attached hydrogen (secondary N) is 1. The first-order valence-corrected chi connectivity index (χ1v) is 7.21. The van der Waals surface area contributed by atoms with E-state index in [1.807, 2.05) is 19.3 Å². The first-order valence-electron chi connectivity index (χ1n) is 7.21. The highest BCUT2D eigenvalue weighted by Crippen LogP contribution is 2.25. The minimum atomic E-state index is -0.600. The van der Waals surface area contributed by atoms with Crippen LogP contribution in [0.1, 0.15) is 26.4 Å². The summed E-state index contributed by atoms with van der Waals surface area (Å²) in [6, 6.07) is 8.50. The minimum absolute atomic E-state index is 0.0638. The van der Waals surface area contributed by atoms with Crippen molar-refractivity contribution in [2.45, 2.75) is 6.54 Å². The number of carbonyl (C=O) groups is 2. The molecule has 1 aliphatic rings. The highest BCUT2D eigenvalue weighted by molar-refractivity contribution is 5.94. The SMILES string of the molecule is Cn1cccc1C(=O)N1CCOc2cc(C(=O)NO)ccc2C1. The number of ether oxygens (including phenoxy) is 1. The van der Waals surface area contributed by atoms with Crippen molar-refractivity contribution in [3.05, 3.63) is 53.3 Å². The van der Waals surface area contributed by atoms with Gasteiger partial charge in [-0.25, -0.2) is 5.48 Å². The topological polar surface area (TPSA) is 83.8 Å². The Hall–Kier alpha value is -2.80. The van der Waals surface area contributed by atoms with Crippen molar-refractivity contribution in [1.82, 2.24) is 14.9 Å². The molecule has 0 saturated heterocycles. The van der Waals surface area contributed by atoms with E-state index in [0.717, 1.165) is 5.56 Å². The van der Waals surface area contributed by atoms with Crippen molar-refractivity contribution in [2.24, 2.45) is 7.05 Å². The Morgan fingerprint density at radius 2 is 2.13 bits per heavy atom. The summed E-state index contributed by atoms with van der Waals surface area (Å²) in [5.74, 6) is -0.114. The summed E-state index contributed by atoms with van der Waals surface area (Å²) in [4.78, 5) is 25.8. The third-order valence-electron chi connectivity index (χ3n) is 3.86. The summed E-state index contributed by atoms with van der Waals surface area (Å²) in [5, 5.41) is 8.70. The zero-order chi connectivity index (χ0) is 16.4. The molecule has 23 heavy (non-hydrogen) atoms. The van der Waals surface area contributed by atoms with Crippen molar-refractivity contribution in [2.75, 3.05) is 13.2 Å². The number of nitrogens with zero attached hydrogens (tertiary/aromatic N) is 2. The van der Waals surface area contributed by atoms with Crippen LogP contribution >= 0.6 is 0 Å². The van der Waals surface area contributed by atoms with Crippen LogP contribution in [0.2, 0.25) is 0 Å². The Morgan fingerprint density at radius 3 is 2.83 bits per heavy atom. The third-order valence-corrected chi connectivity index (χ3v) is 3.86. The van der Waals surface area contributed by atoms with Crippen LogP contribution in [0.15, 0.2) is 36.5 Å². The average molecular weight is 315 g/mol. The largest absolute Gasteiger partial charge is 0.491 e. The van der Waals surface area contributed by atoms with Gasteiger partial charge in [0, 0.05) is 30.9 Å². The van der Waals surface area contributed by atoms with Crippen molar-refractivity contribution in [3.8, 4) is 5.75 Å². The zero-order valence-electron chi connectivity index (χ0n) is 12.7. The van der Waals surface area contributed by atoms with E-state index >= 15 is 0 Å². The van der Waals surface area contributed by atoms with Crippen LogP contribution in [-0.2, 0) is 13.6 Å². The van der Waals surface area contributed by atoms with E-state index in [2.05, 4.69) is 0 Å². The Bertz CT molecular complexity index is 754. The Labute approximate surface area is 133 Å². The standard InChI is InChI=1S/C16H17N3O4/c1-18-6-2-3-13(18)16(21)19-7-8-23-14-9-11(15(20)17-22)4-5-12(14)10-19/h2-6,9,22H,7-8,10H2,1H3,(H,17,20). The van der Waals surface area contributed by atoms with Crippen LogP contribution in [0.3, 0.4) is 0 Å². The lowest BCUT2D eigenvalue weighted by molar-refractivity contribution is 0.0705. The van der Waals surface area contributed by atoms with Crippen LogP contribution < -0.4 is 10.2 Å². The van der Waals surface area contributed by atoms with E-state index in [1.54, 1.807) is 39.2 Å². The van der Waals surface area contributed by atoms with Crippen LogP contribution in [0.4, 0.5) is 0 Å². The molecule has 0 fully saturated rings. The Kier molecular flexibility index (Phi) is 4.03. The van der Waals surface area contributed by atoms with Gasteiger partial charge < -0.3 is 14.2 Å². The summed E-state index contributed by atoms with van der Waals surface area (Å²) in [7, 11) is 1.83. The highest BCUT2D eigenvalue weighted by atomic mass is 16.5. The summed E-state index contributed by atoms with van der Waals surface area (Å²) in [6.07, 6.45) is 1.83. The van der Waals surface area contributed by atoms with Gasteiger partial charge in [-0.05, 0) is 24.3 Å². The van der Waals surface area contributed by atoms with Crippen LogP contribution in [0.25, 0.3) is 0 Å². The monoisotopic (exact) mass is 315 g/mol. The lowest BCUT2D eigenvalue weighted by Gasteiger charge is -2.20. The number of hydroxylamine groups is 1. The van der Waals surface area contributed by atoms with Crippen molar-refractivity contribution in [1.29, 1.82) is 0 Å². The number of carbonyl (C=O) groups excluding carboxylic acids is 2. The maximum absolute atomic E-state index is 12.6. The molecule has 7 heteroatoms. The first-order chi connectivity index (χ1) is 11.1. The molecule has 1 aliphatic heterocycles. The molecule has 3 rings (SSSR count). The molecule has 0 saturated carbocycles. The summed E-state index contributed by atoms with van der Waals surface area (Å²) in [6.45, 7) is 1.20. The van der Waals surface area contributed by atoms with Gasteiger partial charge in [0.2, 0.25) is 0 Å². The molecule has 2 aromatic rings. The fourth-order valence-electron chi connectivity index (χ4n) is 2.59. The molecule has 120 valence electrons. The highest BCUT2D eigenvalue weighted by Gasteiger charge is 2.23. The van der Waals surface area contributed by atoms with Crippen LogP contribution in [0, 0.1) is 0 Å². The summed E-state index contributed by atoms with van der Waals surface area (Å²) in [5.41, 5.74) is 3.33. The molecular weight excluding hydrogens is 298 g/mol. The lowest BCUT2D eigenvalue weighted by atomic mass is 10.1. The van der Waals surface area contributed by atoms with E-state index in [-0.39, 0.29) is 5.91 Å². The van der Waals surface area contributed by atoms with Gasteiger partial charge in [0.15, 0.2) is 0 Å². The van der Waals surface area contributed by atoms with Gasteiger partial charge >= 0.3 is 0 Å². The van der Waals surface area contributed by atoms with Gasteiger partial charge in [-0.1, -0.05) is 6.07 Å². The molecule has 2 N–H and O–H groups in total. The minimum Gasteiger partial charge on any atom is -0.491 e. The van der Waals surface area contributed by atoms with Gasteiger partial charge in [-0.3, -0.25) is 14.8 Å². The average Bonchev–Trinajstić information content (AvgIpc) is 2.87. The van der Waals surface area contributed by atoms with Crippen LogP contribution in [-0.4, -0.2) is 39.6 Å². The number of rotatable bonds is 2. The lowest BCUT2D eigenvalue weighted by Crippen LogP contribution is -2.33. The number of aryl methyl sites for hydroxylation is 1. The molecule has 2 heterocycles. The van der Waals surface area contributed by atoms with Gasteiger partial charge in [-0.15, -0.1) is 0 Å². The molecule has 0 radical (unpaired) electrons. The van der Waals surface area contributed by atoms with E-state index in [0.29, 0.717) is 36.7 Å². The van der Waals surface area contributed by atoms with Gasteiger partial charge in [0.1, 0.15) is 18.1 Å². The maximum Gasteiger partial charge on any atom is 0.274 e.